The molecule has 0 radical (unpaired) electrons. The second kappa shape index (κ2) is 8.90. The fourth-order valence-electron chi connectivity index (χ4n) is 4.12. The third-order valence-electron chi connectivity index (χ3n) is 5.89. The lowest BCUT2D eigenvalue weighted by molar-refractivity contribution is 0.153. The lowest BCUT2D eigenvalue weighted by Crippen LogP contribution is -2.20. The minimum Gasteiger partial charge on any atom is -0.489 e. The van der Waals surface area contributed by atoms with Crippen molar-refractivity contribution in [2.75, 3.05) is 0 Å². The first-order valence-electron chi connectivity index (χ1n) is 11.1. The SMILES string of the molecule is Cc1nc(-c2nnn(C)c2Cc2nc(-c3ccccc3)no2)ccc1OC1CCCCC1. The normalized spacial score (nSPS) is 14.6. The second-order valence-corrected chi connectivity index (χ2v) is 8.22. The van der Waals surface area contributed by atoms with Crippen molar-refractivity contribution < 1.29 is 9.26 Å². The van der Waals surface area contributed by atoms with Gasteiger partial charge in [-0.15, -0.1) is 5.10 Å². The maximum absolute atomic E-state index is 6.22. The van der Waals surface area contributed by atoms with Gasteiger partial charge in [0.1, 0.15) is 11.4 Å². The minimum absolute atomic E-state index is 0.290. The van der Waals surface area contributed by atoms with Gasteiger partial charge in [-0.2, -0.15) is 4.98 Å². The Morgan fingerprint density at radius 3 is 2.62 bits per heavy atom. The summed E-state index contributed by atoms with van der Waals surface area (Å²) in [4.78, 5) is 9.31. The van der Waals surface area contributed by atoms with E-state index < -0.39 is 0 Å². The average molecular weight is 431 g/mol. The molecule has 32 heavy (non-hydrogen) atoms. The molecule has 0 atom stereocenters. The standard InChI is InChI=1S/C24H26N6O2/c1-16-21(31-18-11-7-4-8-12-18)14-13-19(25-16)23-20(30(2)29-27-23)15-22-26-24(28-32-22)17-9-5-3-6-10-17/h3,5-6,9-10,13-14,18H,4,7-8,11-12,15H2,1-2H3. The zero-order valence-corrected chi connectivity index (χ0v) is 18.4. The van der Waals surface area contributed by atoms with Crippen molar-refractivity contribution in [2.24, 2.45) is 7.05 Å². The first-order valence-corrected chi connectivity index (χ1v) is 11.1. The van der Waals surface area contributed by atoms with Crippen LogP contribution < -0.4 is 4.74 Å². The summed E-state index contributed by atoms with van der Waals surface area (Å²) in [5, 5.41) is 12.7. The van der Waals surface area contributed by atoms with Crippen LogP contribution in [0.15, 0.2) is 47.0 Å². The maximum atomic E-state index is 6.22. The predicted octanol–water partition coefficient (Wildman–Crippen LogP) is 4.54. The van der Waals surface area contributed by atoms with Crippen LogP contribution >= 0.6 is 0 Å². The van der Waals surface area contributed by atoms with Crippen LogP contribution in [0.1, 0.15) is 49.4 Å². The summed E-state index contributed by atoms with van der Waals surface area (Å²) in [5.74, 6) is 1.91. The van der Waals surface area contributed by atoms with Crippen LogP contribution in [-0.2, 0) is 13.5 Å². The van der Waals surface area contributed by atoms with Gasteiger partial charge < -0.3 is 9.26 Å². The highest BCUT2D eigenvalue weighted by molar-refractivity contribution is 5.59. The molecule has 0 N–H and O–H groups in total. The van der Waals surface area contributed by atoms with Gasteiger partial charge in [-0.3, -0.25) is 4.68 Å². The van der Waals surface area contributed by atoms with Gasteiger partial charge in [-0.05, 0) is 44.7 Å². The van der Waals surface area contributed by atoms with Crippen molar-refractivity contribution >= 4 is 0 Å². The highest BCUT2D eigenvalue weighted by Crippen LogP contribution is 2.28. The Bertz CT molecular complexity index is 1190. The fourth-order valence-corrected chi connectivity index (χ4v) is 4.12. The van der Waals surface area contributed by atoms with Gasteiger partial charge in [0.2, 0.25) is 11.7 Å². The van der Waals surface area contributed by atoms with Gasteiger partial charge in [-0.25, -0.2) is 4.98 Å². The van der Waals surface area contributed by atoms with E-state index in [1.165, 1.54) is 19.3 Å². The van der Waals surface area contributed by atoms with Gasteiger partial charge in [0.05, 0.1) is 29.6 Å². The smallest absolute Gasteiger partial charge is 0.233 e. The highest BCUT2D eigenvalue weighted by atomic mass is 16.5. The van der Waals surface area contributed by atoms with Gasteiger partial charge in [0.15, 0.2) is 0 Å². The number of hydrogen-bond donors (Lipinski definition) is 0. The minimum atomic E-state index is 0.290. The molecule has 5 rings (SSSR count). The molecule has 1 saturated carbocycles. The van der Waals surface area contributed by atoms with Crippen LogP contribution in [0.4, 0.5) is 0 Å². The molecule has 0 amide bonds. The molecule has 3 aromatic heterocycles. The summed E-state index contributed by atoms with van der Waals surface area (Å²) in [6.45, 7) is 1.97. The molecule has 8 nitrogen and oxygen atoms in total. The molecule has 1 aromatic carbocycles. The van der Waals surface area contributed by atoms with Crippen molar-refractivity contribution in [3.05, 3.63) is 59.7 Å². The Kier molecular flexibility index (Phi) is 5.66. The number of nitrogens with zero attached hydrogens (tertiary/aromatic N) is 6. The van der Waals surface area contributed by atoms with Crippen LogP contribution in [0, 0.1) is 6.92 Å². The molecule has 0 saturated heterocycles. The number of aromatic nitrogens is 6. The molecule has 1 fully saturated rings. The van der Waals surface area contributed by atoms with E-state index in [0.717, 1.165) is 41.2 Å². The molecule has 4 aromatic rings. The zero-order chi connectivity index (χ0) is 21.9. The third-order valence-corrected chi connectivity index (χ3v) is 5.89. The van der Waals surface area contributed by atoms with E-state index in [0.29, 0.717) is 29.9 Å². The summed E-state index contributed by atoms with van der Waals surface area (Å²) in [6, 6.07) is 13.7. The summed E-state index contributed by atoms with van der Waals surface area (Å²) in [5.41, 5.74) is 4.09. The highest BCUT2D eigenvalue weighted by Gasteiger charge is 2.20. The van der Waals surface area contributed by atoms with Gasteiger partial charge in [0, 0.05) is 12.6 Å². The fraction of sp³-hybridized carbons (Fsp3) is 0.375. The number of pyridine rings is 1. The van der Waals surface area contributed by atoms with Crippen LogP contribution in [0.2, 0.25) is 0 Å². The number of rotatable bonds is 6. The van der Waals surface area contributed by atoms with E-state index in [-0.39, 0.29) is 0 Å². The largest absolute Gasteiger partial charge is 0.489 e. The Labute approximate surface area is 186 Å². The van der Waals surface area contributed by atoms with E-state index in [4.69, 9.17) is 14.2 Å². The Morgan fingerprint density at radius 1 is 1.03 bits per heavy atom. The van der Waals surface area contributed by atoms with Crippen molar-refractivity contribution in [1.29, 1.82) is 0 Å². The van der Waals surface area contributed by atoms with Crippen LogP contribution in [0.5, 0.6) is 5.75 Å². The number of aryl methyl sites for hydroxylation is 2. The molecule has 8 heteroatoms. The maximum Gasteiger partial charge on any atom is 0.233 e. The molecule has 0 unspecified atom stereocenters. The Balaban J connectivity index is 1.37. The van der Waals surface area contributed by atoms with Crippen molar-refractivity contribution in [1.82, 2.24) is 30.1 Å². The van der Waals surface area contributed by atoms with Crippen molar-refractivity contribution in [2.45, 2.75) is 51.6 Å². The van der Waals surface area contributed by atoms with E-state index in [1.807, 2.05) is 56.4 Å². The quantitative estimate of drug-likeness (QED) is 0.443. The van der Waals surface area contributed by atoms with Gasteiger partial charge in [0.25, 0.3) is 0 Å². The summed E-state index contributed by atoms with van der Waals surface area (Å²) < 4.78 is 13.4. The summed E-state index contributed by atoms with van der Waals surface area (Å²) >= 11 is 0. The Hall–Kier alpha value is -3.55. The first kappa shape index (κ1) is 20.4. The predicted molar refractivity (Wildman–Crippen MR) is 119 cm³/mol. The van der Waals surface area contributed by atoms with Gasteiger partial charge >= 0.3 is 0 Å². The van der Waals surface area contributed by atoms with Gasteiger partial charge in [-0.1, -0.05) is 47.1 Å². The summed E-state index contributed by atoms with van der Waals surface area (Å²) in [7, 11) is 1.85. The average Bonchev–Trinajstić information content (AvgIpc) is 3.44. The van der Waals surface area contributed by atoms with E-state index in [1.54, 1.807) is 4.68 Å². The molecule has 164 valence electrons. The lowest BCUT2D eigenvalue weighted by Gasteiger charge is -2.23. The monoisotopic (exact) mass is 430 g/mol. The van der Waals surface area contributed by atoms with Crippen LogP contribution in [-0.4, -0.2) is 36.2 Å². The molecule has 1 aliphatic rings. The lowest BCUT2D eigenvalue weighted by atomic mass is 9.98. The van der Waals surface area contributed by atoms with Crippen molar-refractivity contribution in [3.63, 3.8) is 0 Å². The Morgan fingerprint density at radius 2 is 1.84 bits per heavy atom. The van der Waals surface area contributed by atoms with E-state index in [2.05, 4.69) is 20.5 Å². The molecular weight excluding hydrogens is 404 g/mol. The molecule has 1 aliphatic carbocycles. The van der Waals surface area contributed by atoms with E-state index in [9.17, 15) is 0 Å². The van der Waals surface area contributed by atoms with Crippen LogP contribution in [0.25, 0.3) is 22.8 Å². The summed E-state index contributed by atoms with van der Waals surface area (Å²) in [6.07, 6.45) is 6.71. The molecule has 3 heterocycles. The van der Waals surface area contributed by atoms with Crippen LogP contribution in [0.3, 0.4) is 0 Å². The molecular formula is C24H26N6O2. The second-order valence-electron chi connectivity index (χ2n) is 8.22. The first-order chi connectivity index (χ1) is 15.7. The number of hydrogen-bond acceptors (Lipinski definition) is 7. The molecule has 0 aliphatic heterocycles. The zero-order valence-electron chi connectivity index (χ0n) is 18.4. The number of benzene rings is 1. The topological polar surface area (TPSA) is 91.8 Å². The molecule has 0 spiro atoms. The van der Waals surface area contributed by atoms with E-state index >= 15 is 0 Å². The van der Waals surface area contributed by atoms with Crippen molar-refractivity contribution in [3.8, 4) is 28.5 Å². The molecule has 0 bridgehead atoms. The third kappa shape index (κ3) is 4.26. The number of ether oxygens (including phenoxy) is 1.